The van der Waals surface area contributed by atoms with Crippen molar-refractivity contribution in [1.29, 1.82) is 0 Å². The predicted octanol–water partition coefficient (Wildman–Crippen LogP) is 3.21. The van der Waals surface area contributed by atoms with Crippen LogP contribution < -0.4 is 4.74 Å². The molecule has 0 aromatic heterocycles. The second kappa shape index (κ2) is 6.70. The fourth-order valence-electron chi connectivity index (χ4n) is 2.29. The van der Waals surface area contributed by atoms with Crippen molar-refractivity contribution in [2.24, 2.45) is 0 Å². The molecule has 1 aliphatic heterocycles. The van der Waals surface area contributed by atoms with Crippen molar-refractivity contribution in [3.63, 3.8) is 0 Å². The first kappa shape index (κ1) is 14.8. The largest absolute Gasteiger partial charge is 0.487 e. The van der Waals surface area contributed by atoms with Gasteiger partial charge < -0.3 is 9.75 Å². The van der Waals surface area contributed by atoms with Crippen molar-refractivity contribution in [3.8, 4) is 5.75 Å². The molecule has 0 bridgehead atoms. The van der Waals surface area contributed by atoms with Crippen LogP contribution in [0.3, 0.4) is 0 Å². The minimum atomic E-state index is -2.44. The summed E-state index contributed by atoms with van der Waals surface area (Å²) in [4.78, 5) is 0. The topological polar surface area (TPSA) is 15.7 Å². The highest BCUT2D eigenvalue weighted by Gasteiger charge is 2.15. The Labute approximate surface area is 118 Å². The lowest BCUT2D eigenvalue weighted by Gasteiger charge is -2.28. The summed E-state index contributed by atoms with van der Waals surface area (Å²) in [6.45, 7) is 6.07. The van der Waals surface area contributed by atoms with Gasteiger partial charge in [-0.15, -0.1) is 0 Å². The second-order valence-electron chi connectivity index (χ2n) is 4.79. The zero-order valence-electron chi connectivity index (χ0n) is 11.9. The van der Waals surface area contributed by atoms with Gasteiger partial charge in [0.15, 0.2) is 0 Å². The average molecular weight is 282 g/mol. The summed E-state index contributed by atoms with van der Waals surface area (Å²) in [6, 6.07) is 5.69. The summed E-state index contributed by atoms with van der Waals surface area (Å²) in [7, 11) is 0. The van der Waals surface area contributed by atoms with Crippen molar-refractivity contribution >= 4 is 0 Å². The smallest absolute Gasteiger partial charge is 0.272 e. The van der Waals surface area contributed by atoms with Crippen LogP contribution in [0.15, 0.2) is 30.5 Å². The standard InChI is InChI=1S/C15H20F2N2O/c1-3-18-7-4-8-19(18)10-13-5-6-14(12(2)9-13)20-11-15(16)17/h4-7,9,15H,3,8,10-11H2,1-2H3. The van der Waals surface area contributed by atoms with E-state index in [1.807, 2.05) is 19.1 Å². The SMILES string of the molecule is CCN1C=CCN1Cc1ccc(OCC(F)F)c(C)c1. The maximum absolute atomic E-state index is 12.1. The fourth-order valence-corrected chi connectivity index (χ4v) is 2.29. The molecule has 1 heterocycles. The summed E-state index contributed by atoms with van der Waals surface area (Å²) in [5.41, 5.74) is 2.03. The van der Waals surface area contributed by atoms with Gasteiger partial charge in [-0.05, 0) is 31.0 Å². The van der Waals surface area contributed by atoms with Gasteiger partial charge in [-0.3, -0.25) is 0 Å². The molecule has 0 saturated heterocycles. The van der Waals surface area contributed by atoms with Gasteiger partial charge in [-0.2, -0.15) is 0 Å². The highest BCUT2D eigenvalue weighted by Crippen LogP contribution is 2.21. The minimum absolute atomic E-state index is 0.529. The van der Waals surface area contributed by atoms with E-state index < -0.39 is 13.0 Å². The van der Waals surface area contributed by atoms with Crippen molar-refractivity contribution in [2.45, 2.75) is 26.8 Å². The van der Waals surface area contributed by atoms with Gasteiger partial charge in [0.05, 0.1) is 0 Å². The Hall–Kier alpha value is -1.62. The Kier molecular flexibility index (Phi) is 4.95. The van der Waals surface area contributed by atoms with Crippen LogP contribution in [0.4, 0.5) is 8.78 Å². The highest BCUT2D eigenvalue weighted by atomic mass is 19.3. The molecule has 0 amide bonds. The van der Waals surface area contributed by atoms with Gasteiger partial charge >= 0.3 is 0 Å². The fraction of sp³-hybridized carbons (Fsp3) is 0.467. The summed E-state index contributed by atoms with van der Waals surface area (Å²) in [5.74, 6) is 0.529. The van der Waals surface area contributed by atoms with Crippen LogP contribution in [0, 0.1) is 6.92 Å². The van der Waals surface area contributed by atoms with Crippen LogP contribution in [0.2, 0.25) is 0 Å². The van der Waals surface area contributed by atoms with Gasteiger partial charge in [0.2, 0.25) is 0 Å². The Balaban J connectivity index is 1.98. The van der Waals surface area contributed by atoms with Gasteiger partial charge in [0.25, 0.3) is 6.43 Å². The molecule has 1 aromatic carbocycles. The number of benzene rings is 1. The lowest BCUT2D eigenvalue weighted by Crippen LogP contribution is -2.34. The van der Waals surface area contributed by atoms with Crippen LogP contribution in [0.5, 0.6) is 5.75 Å². The molecule has 3 nitrogen and oxygen atoms in total. The van der Waals surface area contributed by atoms with E-state index in [-0.39, 0.29) is 0 Å². The predicted molar refractivity (Wildman–Crippen MR) is 74.6 cm³/mol. The number of halogens is 2. The third-order valence-electron chi connectivity index (χ3n) is 3.25. The highest BCUT2D eigenvalue weighted by molar-refractivity contribution is 5.36. The minimum Gasteiger partial charge on any atom is -0.487 e. The quantitative estimate of drug-likeness (QED) is 0.797. The van der Waals surface area contributed by atoms with E-state index in [1.165, 1.54) is 0 Å². The molecular formula is C15H20F2N2O. The molecule has 0 atom stereocenters. The normalized spacial score (nSPS) is 15.3. The van der Waals surface area contributed by atoms with E-state index in [0.29, 0.717) is 5.75 Å². The average Bonchev–Trinajstić information content (AvgIpc) is 2.85. The Morgan fingerprint density at radius 3 is 2.80 bits per heavy atom. The summed E-state index contributed by atoms with van der Waals surface area (Å²) in [5, 5.41) is 4.39. The number of ether oxygens (including phenoxy) is 1. The van der Waals surface area contributed by atoms with Gasteiger partial charge in [0, 0.05) is 25.8 Å². The van der Waals surface area contributed by atoms with Crippen LogP contribution >= 0.6 is 0 Å². The first-order valence-corrected chi connectivity index (χ1v) is 6.78. The molecule has 110 valence electrons. The molecule has 0 aliphatic carbocycles. The monoisotopic (exact) mass is 282 g/mol. The first-order valence-electron chi connectivity index (χ1n) is 6.78. The third-order valence-corrected chi connectivity index (χ3v) is 3.25. The second-order valence-corrected chi connectivity index (χ2v) is 4.79. The Bertz CT molecular complexity index is 477. The molecule has 0 fully saturated rings. The van der Waals surface area contributed by atoms with Gasteiger partial charge in [0.1, 0.15) is 12.4 Å². The molecule has 2 rings (SSSR count). The number of nitrogens with zero attached hydrogens (tertiary/aromatic N) is 2. The van der Waals surface area contributed by atoms with Crippen molar-refractivity contribution < 1.29 is 13.5 Å². The molecule has 0 saturated carbocycles. The molecule has 0 radical (unpaired) electrons. The molecule has 1 aromatic rings. The van der Waals surface area contributed by atoms with Crippen molar-refractivity contribution in [1.82, 2.24) is 10.0 Å². The summed E-state index contributed by atoms with van der Waals surface area (Å²) < 4.78 is 29.4. The van der Waals surface area contributed by atoms with Crippen molar-refractivity contribution in [2.75, 3.05) is 19.7 Å². The lowest BCUT2D eigenvalue weighted by atomic mass is 10.1. The third kappa shape index (κ3) is 3.70. The molecule has 0 N–H and O–H groups in total. The maximum Gasteiger partial charge on any atom is 0.272 e. The van der Waals surface area contributed by atoms with Gasteiger partial charge in [-0.25, -0.2) is 13.8 Å². The van der Waals surface area contributed by atoms with E-state index >= 15 is 0 Å². The summed E-state index contributed by atoms with van der Waals surface area (Å²) in [6.07, 6.45) is 1.76. The van der Waals surface area contributed by atoms with Crippen LogP contribution in [-0.4, -0.2) is 36.1 Å². The number of rotatable bonds is 6. The van der Waals surface area contributed by atoms with Crippen LogP contribution in [0.25, 0.3) is 0 Å². The van der Waals surface area contributed by atoms with E-state index in [2.05, 4.69) is 29.2 Å². The molecule has 1 aliphatic rings. The molecule has 20 heavy (non-hydrogen) atoms. The van der Waals surface area contributed by atoms with Crippen LogP contribution in [0.1, 0.15) is 18.1 Å². The molecule has 0 spiro atoms. The number of hydrazine groups is 1. The van der Waals surface area contributed by atoms with E-state index in [1.54, 1.807) is 6.07 Å². The zero-order valence-corrected chi connectivity index (χ0v) is 11.9. The number of hydrogen-bond acceptors (Lipinski definition) is 3. The first-order chi connectivity index (χ1) is 9.60. The number of alkyl halides is 2. The van der Waals surface area contributed by atoms with Crippen LogP contribution in [-0.2, 0) is 6.54 Å². The van der Waals surface area contributed by atoms with E-state index in [4.69, 9.17) is 4.74 Å². The number of hydrogen-bond donors (Lipinski definition) is 0. The molecular weight excluding hydrogens is 262 g/mol. The lowest BCUT2D eigenvalue weighted by molar-refractivity contribution is 0.0487. The summed E-state index contributed by atoms with van der Waals surface area (Å²) >= 11 is 0. The number of aryl methyl sites for hydroxylation is 1. The molecule has 0 unspecified atom stereocenters. The molecule has 5 heteroatoms. The zero-order chi connectivity index (χ0) is 14.5. The van der Waals surface area contributed by atoms with Crippen molar-refractivity contribution in [3.05, 3.63) is 41.6 Å². The van der Waals surface area contributed by atoms with E-state index in [9.17, 15) is 8.78 Å². The Morgan fingerprint density at radius 1 is 1.35 bits per heavy atom. The van der Waals surface area contributed by atoms with Gasteiger partial charge in [-0.1, -0.05) is 18.2 Å². The Morgan fingerprint density at radius 2 is 2.15 bits per heavy atom. The van der Waals surface area contributed by atoms with E-state index in [0.717, 1.165) is 30.8 Å². The maximum atomic E-state index is 12.1.